The van der Waals surface area contributed by atoms with Crippen LogP contribution in [0.3, 0.4) is 0 Å². The molecule has 1 amide bonds. The van der Waals surface area contributed by atoms with Crippen molar-refractivity contribution in [2.45, 2.75) is 25.7 Å². The van der Waals surface area contributed by atoms with Gasteiger partial charge in [0.1, 0.15) is 11.9 Å². The van der Waals surface area contributed by atoms with E-state index < -0.39 is 35.5 Å². The van der Waals surface area contributed by atoms with Crippen molar-refractivity contribution in [3.05, 3.63) is 35.5 Å². The molecule has 2 aliphatic rings. The van der Waals surface area contributed by atoms with Gasteiger partial charge in [0, 0.05) is 43.7 Å². The van der Waals surface area contributed by atoms with Crippen LogP contribution in [0.4, 0.5) is 32.0 Å². The van der Waals surface area contributed by atoms with Crippen LogP contribution in [0.25, 0.3) is 10.9 Å². The molecule has 38 heavy (non-hydrogen) atoms. The number of pyridine rings is 1. The number of piperidine rings is 1. The number of nitrogens with one attached hydrogen (secondary N) is 2. The first-order valence-electron chi connectivity index (χ1n) is 11.7. The standard InChI is InChI=1S/C24H23F6N7O/c1-13-11-35(20-14(9-31)10-34-18-3-2-15(8-17(18)20)23(25,26)27)5-4-16(13)21(38)36-6-7-37(19(32)12-36)22(33)24(28,29)30/h2-3,8,10,13,16,32-33H,4-7,11-12H2,1H3. The maximum atomic E-state index is 13.4. The van der Waals surface area contributed by atoms with E-state index in [1.54, 1.807) is 11.8 Å². The zero-order valence-electron chi connectivity index (χ0n) is 20.1. The summed E-state index contributed by atoms with van der Waals surface area (Å²) in [4.78, 5) is 21.0. The first-order chi connectivity index (χ1) is 17.7. The summed E-state index contributed by atoms with van der Waals surface area (Å²) < 4.78 is 78.8. The molecule has 2 atom stereocenters. The van der Waals surface area contributed by atoms with E-state index in [4.69, 9.17) is 10.8 Å². The topological polar surface area (TPSA) is 111 Å². The van der Waals surface area contributed by atoms with Gasteiger partial charge in [-0.05, 0) is 30.5 Å². The second-order valence-corrected chi connectivity index (χ2v) is 9.38. The van der Waals surface area contributed by atoms with Crippen molar-refractivity contribution in [2.75, 3.05) is 37.6 Å². The number of amides is 1. The van der Waals surface area contributed by atoms with E-state index in [0.717, 1.165) is 12.1 Å². The Morgan fingerprint density at radius 2 is 1.87 bits per heavy atom. The van der Waals surface area contributed by atoms with Crippen LogP contribution in [-0.4, -0.2) is 71.3 Å². The van der Waals surface area contributed by atoms with E-state index in [2.05, 4.69) is 4.98 Å². The smallest absolute Gasteiger partial charge is 0.370 e. The fraction of sp³-hybridized carbons (Fsp3) is 0.458. The number of nitrogens with zero attached hydrogens (tertiary/aromatic N) is 5. The van der Waals surface area contributed by atoms with Crippen LogP contribution < -0.4 is 4.90 Å². The molecule has 0 spiro atoms. The summed E-state index contributed by atoms with van der Waals surface area (Å²) in [5.74, 6) is -3.32. The quantitative estimate of drug-likeness (QED) is 0.337. The van der Waals surface area contributed by atoms with Crippen LogP contribution in [-0.2, 0) is 11.0 Å². The number of halogens is 6. The van der Waals surface area contributed by atoms with Gasteiger partial charge in [-0.3, -0.25) is 20.6 Å². The SMILES string of the molecule is CC1CN(c2c(C#N)cnc3ccc(C(F)(F)F)cc23)CCC1C(=O)N1CCN(C(=N)C(F)(F)F)C(=N)C1. The number of aromatic nitrogens is 1. The average Bonchev–Trinajstić information content (AvgIpc) is 2.85. The van der Waals surface area contributed by atoms with Gasteiger partial charge in [0.25, 0.3) is 0 Å². The number of alkyl halides is 6. The van der Waals surface area contributed by atoms with Gasteiger partial charge in [-0.25, -0.2) is 0 Å². The number of fused-ring (bicyclic) bond motifs is 1. The van der Waals surface area contributed by atoms with Gasteiger partial charge in [-0.15, -0.1) is 0 Å². The van der Waals surface area contributed by atoms with Gasteiger partial charge in [0.15, 0.2) is 0 Å². The van der Waals surface area contributed by atoms with Crippen LogP contribution in [0, 0.1) is 34.0 Å². The minimum absolute atomic E-state index is 0.0829. The van der Waals surface area contributed by atoms with Crippen molar-refractivity contribution in [3.63, 3.8) is 0 Å². The number of carbonyl (C=O) groups excluding carboxylic acids is 1. The minimum atomic E-state index is -4.90. The third-order valence-electron chi connectivity index (χ3n) is 6.94. The lowest BCUT2D eigenvalue weighted by Crippen LogP contribution is -2.58. The Labute approximate surface area is 213 Å². The van der Waals surface area contributed by atoms with Crippen molar-refractivity contribution in [2.24, 2.45) is 11.8 Å². The van der Waals surface area contributed by atoms with E-state index in [0.29, 0.717) is 22.5 Å². The lowest BCUT2D eigenvalue weighted by Gasteiger charge is -2.42. The lowest BCUT2D eigenvalue weighted by atomic mass is 9.85. The first-order valence-corrected chi connectivity index (χ1v) is 11.7. The van der Waals surface area contributed by atoms with Crippen LogP contribution in [0.2, 0.25) is 0 Å². The van der Waals surface area contributed by atoms with Crippen molar-refractivity contribution in [3.8, 4) is 6.07 Å². The Kier molecular flexibility index (Phi) is 6.98. The molecular weight excluding hydrogens is 516 g/mol. The molecule has 8 nitrogen and oxygen atoms in total. The number of nitriles is 1. The van der Waals surface area contributed by atoms with Crippen LogP contribution in [0.15, 0.2) is 24.4 Å². The largest absolute Gasteiger partial charge is 0.449 e. The molecule has 202 valence electrons. The van der Waals surface area contributed by atoms with E-state index in [1.807, 2.05) is 6.07 Å². The van der Waals surface area contributed by atoms with Crippen molar-refractivity contribution in [1.29, 1.82) is 16.1 Å². The molecule has 2 fully saturated rings. The van der Waals surface area contributed by atoms with Gasteiger partial charge in [-0.2, -0.15) is 31.6 Å². The van der Waals surface area contributed by atoms with E-state index in [1.165, 1.54) is 17.2 Å². The molecule has 1 aromatic carbocycles. The van der Waals surface area contributed by atoms with Crippen LogP contribution >= 0.6 is 0 Å². The highest BCUT2D eigenvalue weighted by molar-refractivity contribution is 6.03. The number of anilines is 1. The molecular formula is C24H23F6N7O. The summed E-state index contributed by atoms with van der Waals surface area (Å²) in [6, 6.07) is 5.12. The van der Waals surface area contributed by atoms with Crippen LogP contribution in [0.1, 0.15) is 24.5 Å². The minimum Gasteiger partial charge on any atom is -0.370 e. The monoisotopic (exact) mass is 539 g/mol. The Bertz CT molecular complexity index is 1330. The third kappa shape index (κ3) is 5.09. The maximum Gasteiger partial charge on any atom is 0.449 e. The van der Waals surface area contributed by atoms with Gasteiger partial charge in [0.05, 0.1) is 28.9 Å². The number of hydrogen-bond acceptors (Lipinski definition) is 6. The zero-order valence-corrected chi connectivity index (χ0v) is 20.1. The van der Waals surface area contributed by atoms with Crippen molar-refractivity contribution < 1.29 is 31.1 Å². The molecule has 0 saturated carbocycles. The van der Waals surface area contributed by atoms with Crippen molar-refractivity contribution in [1.82, 2.24) is 14.8 Å². The fourth-order valence-electron chi connectivity index (χ4n) is 5.02. The second-order valence-electron chi connectivity index (χ2n) is 9.38. The maximum absolute atomic E-state index is 13.4. The third-order valence-corrected chi connectivity index (χ3v) is 6.94. The summed E-state index contributed by atoms with van der Waals surface area (Å²) in [6.07, 6.45) is -7.90. The molecule has 2 aromatic rings. The first kappa shape index (κ1) is 27.2. The van der Waals surface area contributed by atoms with Gasteiger partial charge in [-0.1, -0.05) is 6.92 Å². The molecule has 2 N–H and O–H groups in total. The average molecular weight is 539 g/mol. The summed E-state index contributed by atoms with van der Waals surface area (Å²) >= 11 is 0. The van der Waals surface area contributed by atoms with E-state index in [9.17, 15) is 36.4 Å². The molecule has 14 heteroatoms. The van der Waals surface area contributed by atoms with Gasteiger partial charge >= 0.3 is 12.4 Å². The highest BCUT2D eigenvalue weighted by Gasteiger charge is 2.43. The van der Waals surface area contributed by atoms with Crippen LogP contribution in [0.5, 0.6) is 0 Å². The summed E-state index contributed by atoms with van der Waals surface area (Å²) in [5, 5.41) is 25.0. The van der Waals surface area contributed by atoms with E-state index >= 15 is 0 Å². The Balaban J connectivity index is 1.53. The molecule has 0 aliphatic carbocycles. The van der Waals surface area contributed by atoms with Crippen molar-refractivity contribution >= 4 is 34.2 Å². The predicted octanol–water partition coefficient (Wildman–Crippen LogP) is 4.25. The normalized spacial score (nSPS) is 21.0. The summed E-state index contributed by atoms with van der Waals surface area (Å²) in [5.41, 5.74) is -0.173. The Morgan fingerprint density at radius 3 is 2.45 bits per heavy atom. The molecule has 0 radical (unpaired) electrons. The zero-order chi connectivity index (χ0) is 28.0. The number of hydrogen-bond donors (Lipinski definition) is 2. The highest BCUT2D eigenvalue weighted by Crippen LogP contribution is 2.38. The molecule has 2 aliphatic heterocycles. The fourth-order valence-corrected chi connectivity index (χ4v) is 5.02. The predicted molar refractivity (Wildman–Crippen MR) is 126 cm³/mol. The number of benzene rings is 1. The molecule has 2 saturated heterocycles. The number of carbonyl (C=O) groups is 1. The number of piperazine rings is 1. The highest BCUT2D eigenvalue weighted by atomic mass is 19.4. The molecule has 1 aromatic heterocycles. The molecule has 4 rings (SSSR count). The molecule has 2 unspecified atom stereocenters. The summed E-state index contributed by atoms with van der Waals surface area (Å²) in [6.45, 7) is 1.51. The Morgan fingerprint density at radius 1 is 1.16 bits per heavy atom. The lowest BCUT2D eigenvalue weighted by molar-refractivity contribution is -0.138. The summed E-state index contributed by atoms with van der Waals surface area (Å²) in [7, 11) is 0. The molecule has 0 bridgehead atoms. The van der Waals surface area contributed by atoms with E-state index in [-0.39, 0.29) is 55.5 Å². The Hall–Kier alpha value is -3.89. The second kappa shape index (κ2) is 9.77. The van der Waals surface area contributed by atoms with Gasteiger partial charge in [0.2, 0.25) is 11.7 Å². The molecule has 3 heterocycles. The van der Waals surface area contributed by atoms with Gasteiger partial charge < -0.3 is 14.7 Å². The number of amidine groups is 2. The number of rotatable bonds is 2.